The van der Waals surface area contributed by atoms with Crippen LogP contribution in [0.1, 0.15) is 16.1 Å². The van der Waals surface area contributed by atoms with Crippen LogP contribution in [0, 0.1) is 5.41 Å². The molecule has 3 rings (SSSR count). The van der Waals surface area contributed by atoms with Crippen LogP contribution in [0.2, 0.25) is 5.02 Å². The van der Waals surface area contributed by atoms with Crippen molar-refractivity contribution in [2.24, 2.45) is 5.73 Å². The minimum Gasteiger partial charge on any atom is -0.456 e. The number of nitrogens with zero attached hydrogens (tertiary/aromatic N) is 3. The largest absolute Gasteiger partial charge is 0.456 e. The zero-order valence-electron chi connectivity index (χ0n) is 15.8. The number of benzene rings is 1. The highest BCUT2D eigenvalue weighted by Crippen LogP contribution is 2.32. The number of amides is 1. The summed E-state index contributed by atoms with van der Waals surface area (Å²) in [5.41, 5.74) is 7.31. The van der Waals surface area contributed by atoms with Crippen molar-refractivity contribution in [2.75, 3.05) is 21.1 Å². The summed E-state index contributed by atoms with van der Waals surface area (Å²) in [6.07, 6.45) is 3.42. The summed E-state index contributed by atoms with van der Waals surface area (Å²) in [7, 11) is 5.39. The van der Waals surface area contributed by atoms with E-state index in [4.69, 9.17) is 27.5 Å². The Hall–Kier alpha value is -3.10. The Morgan fingerprint density at radius 1 is 1.21 bits per heavy atom. The molecular formula is C19H21ClN6O2. The lowest BCUT2D eigenvalue weighted by atomic mass is 10.2. The quantitative estimate of drug-likeness (QED) is 0.450. The van der Waals surface area contributed by atoms with Crippen LogP contribution in [0.5, 0.6) is 11.5 Å². The van der Waals surface area contributed by atoms with Crippen LogP contribution >= 0.6 is 11.6 Å². The van der Waals surface area contributed by atoms with Gasteiger partial charge in [0.1, 0.15) is 17.2 Å². The number of hydrogen-bond acceptors (Lipinski definition) is 5. The highest BCUT2D eigenvalue weighted by molar-refractivity contribution is 6.35. The summed E-state index contributed by atoms with van der Waals surface area (Å²) in [4.78, 5) is 22.6. The van der Waals surface area contributed by atoms with E-state index in [0.717, 1.165) is 17.0 Å². The molecule has 0 fully saturated rings. The molecule has 4 N–H and O–H groups in total. The number of H-pyrrole nitrogens is 1. The van der Waals surface area contributed by atoms with Gasteiger partial charge in [-0.05, 0) is 31.8 Å². The summed E-state index contributed by atoms with van der Waals surface area (Å²) < 4.78 is 5.91. The summed E-state index contributed by atoms with van der Waals surface area (Å²) in [5, 5.41) is 8.50. The molecular weight excluding hydrogens is 380 g/mol. The highest BCUT2D eigenvalue weighted by atomic mass is 35.5. The molecule has 2 aromatic heterocycles. The molecule has 0 bridgehead atoms. The Morgan fingerprint density at radius 2 is 1.96 bits per heavy atom. The third-order valence-corrected chi connectivity index (χ3v) is 4.37. The molecule has 28 heavy (non-hydrogen) atoms. The SMILES string of the molecule is CN(C)Cc1cncc(Oc2cc(Cl)c3cc(C(=O)N(C)C(=N)N)[nH]c3c2)c1. The van der Waals surface area contributed by atoms with Gasteiger partial charge >= 0.3 is 0 Å². The fourth-order valence-corrected chi connectivity index (χ4v) is 3.00. The maximum Gasteiger partial charge on any atom is 0.276 e. The number of fused-ring (bicyclic) bond motifs is 1. The van der Waals surface area contributed by atoms with E-state index in [-0.39, 0.29) is 11.7 Å². The van der Waals surface area contributed by atoms with E-state index in [1.165, 1.54) is 7.05 Å². The molecule has 3 aromatic rings. The third-order valence-electron chi connectivity index (χ3n) is 4.06. The van der Waals surface area contributed by atoms with Gasteiger partial charge in [-0.3, -0.25) is 20.1 Å². The molecule has 1 aromatic carbocycles. The van der Waals surface area contributed by atoms with Crippen LogP contribution in [0.15, 0.2) is 36.7 Å². The topological polar surface area (TPSA) is 111 Å². The van der Waals surface area contributed by atoms with Gasteiger partial charge in [-0.25, -0.2) is 0 Å². The number of aromatic amines is 1. The first-order chi connectivity index (χ1) is 13.2. The maximum atomic E-state index is 12.4. The van der Waals surface area contributed by atoms with Crippen molar-refractivity contribution in [1.29, 1.82) is 5.41 Å². The summed E-state index contributed by atoms with van der Waals surface area (Å²) in [5.74, 6) is 0.336. The lowest BCUT2D eigenvalue weighted by molar-refractivity contribution is 0.0864. The van der Waals surface area contributed by atoms with Crippen molar-refractivity contribution in [2.45, 2.75) is 6.54 Å². The minimum absolute atomic E-state index is 0.279. The predicted octanol–water partition coefficient (Wildman–Crippen LogP) is 3.04. The lowest BCUT2D eigenvalue weighted by Crippen LogP contribution is -2.38. The van der Waals surface area contributed by atoms with Crippen LogP contribution < -0.4 is 10.5 Å². The van der Waals surface area contributed by atoms with E-state index in [1.807, 2.05) is 25.1 Å². The van der Waals surface area contributed by atoms with Gasteiger partial charge in [-0.1, -0.05) is 11.6 Å². The van der Waals surface area contributed by atoms with Crippen LogP contribution in [-0.2, 0) is 6.54 Å². The number of pyridine rings is 1. The second-order valence-electron chi connectivity index (χ2n) is 6.67. The number of nitrogens with one attached hydrogen (secondary N) is 2. The average Bonchev–Trinajstić information content (AvgIpc) is 3.04. The number of ether oxygens (including phenoxy) is 1. The van der Waals surface area contributed by atoms with E-state index >= 15 is 0 Å². The number of guanidine groups is 1. The number of nitrogens with two attached hydrogens (primary N) is 1. The molecule has 0 unspecified atom stereocenters. The smallest absolute Gasteiger partial charge is 0.276 e. The minimum atomic E-state index is -0.428. The Balaban J connectivity index is 1.90. The number of carbonyl (C=O) groups is 1. The predicted molar refractivity (Wildman–Crippen MR) is 109 cm³/mol. The van der Waals surface area contributed by atoms with E-state index < -0.39 is 5.91 Å². The van der Waals surface area contributed by atoms with E-state index in [0.29, 0.717) is 27.4 Å². The molecule has 0 aliphatic rings. The number of rotatable bonds is 5. The van der Waals surface area contributed by atoms with Gasteiger partial charge in [0.25, 0.3) is 5.91 Å². The molecule has 9 heteroatoms. The average molecular weight is 401 g/mol. The molecule has 0 saturated heterocycles. The first-order valence-electron chi connectivity index (χ1n) is 8.45. The second kappa shape index (κ2) is 7.87. The van der Waals surface area contributed by atoms with Crippen LogP contribution in [0.3, 0.4) is 0 Å². The van der Waals surface area contributed by atoms with Crippen molar-refractivity contribution in [1.82, 2.24) is 19.8 Å². The summed E-state index contributed by atoms with van der Waals surface area (Å²) >= 11 is 6.37. The molecule has 8 nitrogen and oxygen atoms in total. The van der Waals surface area contributed by atoms with Gasteiger partial charge in [0.2, 0.25) is 0 Å². The lowest BCUT2D eigenvalue weighted by Gasteiger charge is -2.12. The molecule has 0 radical (unpaired) electrons. The number of hydrogen-bond donors (Lipinski definition) is 3. The fraction of sp³-hybridized carbons (Fsp3) is 0.211. The Bertz CT molecular complexity index is 1050. The third kappa shape index (κ3) is 4.24. The first kappa shape index (κ1) is 19.7. The van der Waals surface area contributed by atoms with Gasteiger partial charge in [-0.15, -0.1) is 0 Å². The molecule has 146 valence electrons. The Labute approximate surface area is 167 Å². The molecule has 0 saturated carbocycles. The summed E-state index contributed by atoms with van der Waals surface area (Å²) in [6.45, 7) is 0.746. The van der Waals surface area contributed by atoms with Gasteiger partial charge in [0, 0.05) is 37.3 Å². The van der Waals surface area contributed by atoms with Crippen LogP contribution in [0.4, 0.5) is 0 Å². The Morgan fingerprint density at radius 3 is 2.64 bits per heavy atom. The van der Waals surface area contributed by atoms with Crippen LogP contribution in [-0.4, -0.2) is 52.8 Å². The Kier molecular flexibility index (Phi) is 5.53. The van der Waals surface area contributed by atoms with Crippen molar-refractivity contribution in [3.8, 4) is 11.5 Å². The van der Waals surface area contributed by atoms with Gasteiger partial charge in [0.05, 0.1) is 16.7 Å². The first-order valence-corrected chi connectivity index (χ1v) is 8.83. The molecule has 0 aliphatic carbocycles. The normalized spacial score (nSPS) is 11.0. The van der Waals surface area contributed by atoms with Gasteiger partial charge < -0.3 is 20.4 Å². The van der Waals surface area contributed by atoms with E-state index in [9.17, 15) is 4.79 Å². The highest BCUT2D eigenvalue weighted by Gasteiger charge is 2.18. The van der Waals surface area contributed by atoms with Gasteiger partial charge in [-0.2, -0.15) is 0 Å². The maximum absolute atomic E-state index is 12.4. The second-order valence-corrected chi connectivity index (χ2v) is 7.07. The summed E-state index contributed by atoms with van der Waals surface area (Å²) in [6, 6.07) is 6.97. The fourth-order valence-electron chi connectivity index (χ4n) is 2.74. The van der Waals surface area contributed by atoms with Crippen molar-refractivity contribution >= 4 is 34.4 Å². The standard InChI is InChI=1S/C19H21ClN6O2/c1-25(2)10-11-4-13(9-23-8-11)28-12-5-15(20)14-7-17(24-16(14)6-12)18(27)26(3)19(21)22/h4-9,24H,10H2,1-3H3,(H3,21,22). The molecule has 0 aliphatic heterocycles. The van der Waals surface area contributed by atoms with Crippen molar-refractivity contribution in [3.63, 3.8) is 0 Å². The zero-order valence-corrected chi connectivity index (χ0v) is 16.5. The van der Waals surface area contributed by atoms with Crippen molar-refractivity contribution < 1.29 is 9.53 Å². The van der Waals surface area contributed by atoms with Gasteiger partial charge in [0.15, 0.2) is 5.96 Å². The molecule has 2 heterocycles. The van der Waals surface area contributed by atoms with Crippen LogP contribution in [0.25, 0.3) is 10.9 Å². The number of carbonyl (C=O) groups excluding carboxylic acids is 1. The molecule has 0 spiro atoms. The molecule has 0 atom stereocenters. The number of aromatic nitrogens is 2. The number of halogens is 1. The monoisotopic (exact) mass is 400 g/mol. The van der Waals surface area contributed by atoms with Crippen molar-refractivity contribution in [3.05, 3.63) is 52.9 Å². The molecule has 1 amide bonds. The zero-order chi connectivity index (χ0) is 20.4. The van der Waals surface area contributed by atoms with E-state index in [2.05, 4.69) is 9.97 Å². The van der Waals surface area contributed by atoms with E-state index in [1.54, 1.807) is 30.6 Å².